The topological polar surface area (TPSA) is 157 Å². The van der Waals surface area contributed by atoms with Crippen molar-refractivity contribution in [3.8, 4) is 0 Å². The Hall–Kier alpha value is -0.460. The summed E-state index contributed by atoms with van der Waals surface area (Å²) in [6.45, 7) is -1.12. The van der Waals surface area contributed by atoms with Crippen LogP contribution in [0.4, 0.5) is 0 Å². The Kier molecular flexibility index (Phi) is 12.8. The van der Waals surface area contributed by atoms with E-state index in [2.05, 4.69) is 9.47 Å². The number of esters is 3. The van der Waals surface area contributed by atoms with Gasteiger partial charge in [-0.25, -0.2) is 19.2 Å². The number of aliphatic hydroxyl groups excluding tert-OH is 2. The molecule has 0 heterocycles. The molecule has 16 heteroatoms. The molecule has 0 bridgehead atoms. The summed E-state index contributed by atoms with van der Waals surface area (Å²) < 4.78 is 13.9. The van der Waals surface area contributed by atoms with Crippen molar-refractivity contribution in [1.29, 1.82) is 0 Å². The van der Waals surface area contributed by atoms with Crippen LogP contribution in [-0.2, 0) is 33.4 Å². The molecular weight excluding hydrogens is 517 g/mol. The average Bonchev–Trinajstić information content (AvgIpc) is 2.60. The number of alkyl halides is 6. The number of aliphatic hydroxyl groups is 2. The van der Waals surface area contributed by atoms with Gasteiger partial charge < -0.3 is 29.5 Å². The summed E-state index contributed by atoms with van der Waals surface area (Å²) in [5.74, 6) is -6.32. The van der Waals surface area contributed by atoms with Crippen LogP contribution in [0.5, 0.6) is 0 Å². The smallest absolute Gasteiger partial charge is 0.349 e. The zero-order chi connectivity index (χ0) is 22.2. The average molecular weight is 529 g/mol. The Labute approximate surface area is 187 Å². The van der Waals surface area contributed by atoms with Crippen molar-refractivity contribution in [3.63, 3.8) is 0 Å². The first-order valence-electron chi connectivity index (χ1n) is 6.81. The van der Waals surface area contributed by atoms with Crippen LogP contribution in [-0.4, -0.2) is 84.7 Å². The highest BCUT2D eigenvalue weighted by molar-refractivity contribution is 6.53. The van der Waals surface area contributed by atoms with E-state index in [1.54, 1.807) is 0 Å². The van der Waals surface area contributed by atoms with Gasteiger partial charge in [-0.3, -0.25) is 0 Å². The van der Waals surface area contributed by atoms with Crippen LogP contribution in [0, 0.1) is 0 Å². The fourth-order valence-electron chi connectivity index (χ4n) is 1.58. The second kappa shape index (κ2) is 13.0. The Morgan fingerprint density at radius 2 is 1.07 bits per heavy atom. The van der Waals surface area contributed by atoms with E-state index in [0.717, 1.165) is 0 Å². The molecule has 0 aliphatic rings. The third kappa shape index (κ3) is 8.91. The number of carbonyl (C=O) groups excluding carboxylic acids is 3. The lowest BCUT2D eigenvalue weighted by Crippen LogP contribution is -2.55. The monoisotopic (exact) mass is 526 g/mol. The standard InChI is InChI=1S/C12H12Cl6O10/c13-6(14)10(23)26-3(2(20)1-19)4(27-11(24)7(15)16)5(9(21)22)28-12(25)8(17)18/h2-8,19-20H,1H2,(H,21,22)/t2-,3-,4+,5-/m1/s1. The number of carboxylic acids is 1. The summed E-state index contributed by atoms with van der Waals surface area (Å²) in [5.41, 5.74) is 0. The predicted octanol–water partition coefficient (Wildman–Crippen LogP) is 0.571. The van der Waals surface area contributed by atoms with Crippen LogP contribution in [0.3, 0.4) is 0 Å². The van der Waals surface area contributed by atoms with Gasteiger partial charge in [0.05, 0.1) is 6.61 Å². The molecule has 0 unspecified atom stereocenters. The van der Waals surface area contributed by atoms with Gasteiger partial charge in [-0.1, -0.05) is 69.6 Å². The fourth-order valence-corrected chi connectivity index (χ4v) is 1.88. The minimum absolute atomic E-state index is 1.12. The van der Waals surface area contributed by atoms with E-state index in [1.165, 1.54) is 0 Å². The van der Waals surface area contributed by atoms with Crippen molar-refractivity contribution in [2.75, 3.05) is 6.61 Å². The van der Waals surface area contributed by atoms with E-state index in [0.29, 0.717) is 0 Å². The molecule has 0 saturated heterocycles. The molecule has 0 rings (SSSR count). The predicted molar refractivity (Wildman–Crippen MR) is 96.9 cm³/mol. The first-order valence-corrected chi connectivity index (χ1v) is 9.42. The zero-order valence-corrected chi connectivity index (χ0v) is 17.8. The minimum Gasteiger partial charge on any atom is -0.478 e. The Bertz CT molecular complexity index is 571. The number of hydrogen-bond acceptors (Lipinski definition) is 9. The molecule has 0 radical (unpaired) electrons. The third-order valence-corrected chi connectivity index (χ3v) is 3.78. The molecule has 0 aromatic heterocycles. The maximum atomic E-state index is 11.7. The molecule has 0 spiro atoms. The highest BCUT2D eigenvalue weighted by atomic mass is 35.5. The summed E-state index contributed by atoms with van der Waals surface area (Å²) in [5, 5.41) is 28.3. The molecule has 28 heavy (non-hydrogen) atoms. The number of aliphatic carboxylic acids is 1. The van der Waals surface area contributed by atoms with Crippen molar-refractivity contribution in [2.45, 2.75) is 38.9 Å². The lowest BCUT2D eigenvalue weighted by atomic mass is 10.0. The summed E-state index contributed by atoms with van der Waals surface area (Å²) in [7, 11) is 0. The molecule has 4 atom stereocenters. The maximum Gasteiger partial charge on any atom is 0.349 e. The maximum absolute atomic E-state index is 11.7. The van der Waals surface area contributed by atoms with Crippen molar-refractivity contribution in [1.82, 2.24) is 0 Å². The number of halogens is 6. The molecule has 0 aromatic rings. The molecule has 0 saturated carbocycles. The van der Waals surface area contributed by atoms with Gasteiger partial charge in [-0.2, -0.15) is 0 Å². The van der Waals surface area contributed by atoms with Crippen molar-refractivity contribution in [2.24, 2.45) is 0 Å². The molecule has 3 N–H and O–H groups in total. The molecule has 0 fully saturated rings. The van der Waals surface area contributed by atoms with Gasteiger partial charge in [-0.05, 0) is 0 Å². The summed E-state index contributed by atoms with van der Waals surface area (Å²) >= 11 is 31.8. The molecule has 0 amide bonds. The van der Waals surface area contributed by atoms with E-state index in [9.17, 15) is 29.4 Å². The van der Waals surface area contributed by atoms with Crippen LogP contribution in [0.2, 0.25) is 0 Å². The minimum atomic E-state index is -2.44. The lowest BCUT2D eigenvalue weighted by Gasteiger charge is -2.32. The Morgan fingerprint density at radius 1 is 0.714 bits per heavy atom. The van der Waals surface area contributed by atoms with Crippen LogP contribution < -0.4 is 0 Å². The third-order valence-electron chi connectivity index (χ3n) is 2.71. The van der Waals surface area contributed by atoms with E-state index in [-0.39, 0.29) is 0 Å². The quantitative estimate of drug-likeness (QED) is 0.197. The van der Waals surface area contributed by atoms with Crippen LogP contribution in [0.15, 0.2) is 0 Å². The first kappa shape index (κ1) is 27.5. The van der Waals surface area contributed by atoms with Crippen LogP contribution in [0.25, 0.3) is 0 Å². The van der Waals surface area contributed by atoms with Gasteiger partial charge in [0, 0.05) is 0 Å². The summed E-state index contributed by atoms with van der Waals surface area (Å²) in [4.78, 5) is 41.0. The number of carbonyl (C=O) groups is 4. The van der Waals surface area contributed by atoms with Gasteiger partial charge in [0.15, 0.2) is 12.2 Å². The van der Waals surface area contributed by atoms with Gasteiger partial charge in [0.2, 0.25) is 20.6 Å². The van der Waals surface area contributed by atoms with E-state index in [1.807, 2.05) is 0 Å². The molecule has 0 aliphatic carbocycles. The van der Waals surface area contributed by atoms with E-state index < -0.39 is 69.4 Å². The summed E-state index contributed by atoms with van der Waals surface area (Å²) in [6, 6.07) is 0. The highest BCUT2D eigenvalue weighted by Gasteiger charge is 2.47. The van der Waals surface area contributed by atoms with E-state index in [4.69, 9.17) is 79.4 Å². The highest BCUT2D eigenvalue weighted by Crippen LogP contribution is 2.22. The second-order valence-electron chi connectivity index (χ2n) is 4.65. The number of ether oxygens (including phenoxy) is 3. The largest absolute Gasteiger partial charge is 0.478 e. The molecule has 0 aromatic carbocycles. The molecule has 162 valence electrons. The molecule has 10 nitrogen and oxygen atoms in total. The normalized spacial score (nSPS) is 15.7. The summed E-state index contributed by atoms with van der Waals surface area (Å²) in [6.07, 6.45) is -8.92. The SMILES string of the molecule is O=C(O[C@@H]([C@H](OC(=O)C(Cl)Cl)[C@@H](OC(=O)C(Cl)Cl)C(=O)O)[C@H](O)CO)C(Cl)Cl. The van der Waals surface area contributed by atoms with Crippen molar-refractivity contribution in [3.05, 3.63) is 0 Å². The Morgan fingerprint density at radius 3 is 1.39 bits per heavy atom. The van der Waals surface area contributed by atoms with Gasteiger partial charge in [0.25, 0.3) is 0 Å². The van der Waals surface area contributed by atoms with Crippen molar-refractivity contribution >= 4 is 93.5 Å². The number of rotatable bonds is 11. The van der Waals surface area contributed by atoms with Gasteiger partial charge >= 0.3 is 23.9 Å². The Balaban J connectivity index is 6.10. The lowest BCUT2D eigenvalue weighted by molar-refractivity contribution is -0.201. The molecule has 0 aliphatic heterocycles. The van der Waals surface area contributed by atoms with Gasteiger partial charge in [-0.15, -0.1) is 0 Å². The first-order chi connectivity index (χ1) is 12.8. The second-order valence-corrected chi connectivity index (χ2v) is 7.94. The van der Waals surface area contributed by atoms with Crippen LogP contribution >= 0.6 is 69.6 Å². The van der Waals surface area contributed by atoms with Gasteiger partial charge in [0.1, 0.15) is 6.10 Å². The number of hydrogen-bond donors (Lipinski definition) is 3. The van der Waals surface area contributed by atoms with E-state index >= 15 is 0 Å². The fraction of sp³-hybridized carbons (Fsp3) is 0.667. The number of carboxylic acid groups (broad SMARTS) is 1. The molecular formula is C12H12Cl6O10. The van der Waals surface area contributed by atoms with Crippen LogP contribution in [0.1, 0.15) is 0 Å². The zero-order valence-electron chi connectivity index (χ0n) is 13.2. The van der Waals surface area contributed by atoms with Crippen molar-refractivity contribution < 1.29 is 48.7 Å².